The molecule has 0 aromatic heterocycles. The maximum absolute atomic E-state index is 12.1. The topological polar surface area (TPSA) is 44.4 Å². The van der Waals surface area contributed by atoms with Crippen LogP contribution in [0.2, 0.25) is 0 Å². The average Bonchev–Trinajstić information content (AvgIpc) is 3.29. The lowest BCUT2D eigenvalue weighted by Crippen LogP contribution is -2.52. The molecule has 0 spiro atoms. The Bertz CT molecular complexity index is 315. The van der Waals surface area contributed by atoms with Gasteiger partial charge in [0.1, 0.15) is 0 Å². The summed E-state index contributed by atoms with van der Waals surface area (Å²) in [4.78, 5) is 14.5. The number of halogens is 1. The average molecular weight is 318 g/mol. The second kappa shape index (κ2) is 8.96. The molecule has 1 aliphatic heterocycles. The van der Waals surface area contributed by atoms with Gasteiger partial charge >= 0.3 is 0 Å². The van der Waals surface area contributed by atoms with Gasteiger partial charge in [-0.2, -0.15) is 0 Å². The summed E-state index contributed by atoms with van der Waals surface area (Å²) in [6.07, 6.45) is 6.17. The van der Waals surface area contributed by atoms with Crippen molar-refractivity contribution >= 4 is 18.3 Å². The first-order valence-electron chi connectivity index (χ1n) is 8.38. The molecule has 2 aliphatic rings. The molecule has 1 amide bonds. The lowest BCUT2D eigenvalue weighted by molar-refractivity contribution is -0.127. The molecule has 124 valence electrons. The first-order valence-corrected chi connectivity index (χ1v) is 8.38. The van der Waals surface area contributed by atoms with Crippen LogP contribution in [-0.4, -0.2) is 48.6 Å². The van der Waals surface area contributed by atoms with Crippen molar-refractivity contribution in [1.82, 2.24) is 15.5 Å². The quantitative estimate of drug-likeness (QED) is 0.756. The highest BCUT2D eigenvalue weighted by atomic mass is 35.5. The second-order valence-corrected chi connectivity index (χ2v) is 6.66. The fourth-order valence-corrected chi connectivity index (χ4v) is 2.78. The summed E-state index contributed by atoms with van der Waals surface area (Å²) in [6.45, 7) is 9.49. The van der Waals surface area contributed by atoms with Gasteiger partial charge in [0.05, 0.1) is 6.04 Å². The zero-order chi connectivity index (χ0) is 14.5. The van der Waals surface area contributed by atoms with Crippen LogP contribution in [0.25, 0.3) is 0 Å². The van der Waals surface area contributed by atoms with Gasteiger partial charge in [-0.05, 0) is 58.4 Å². The van der Waals surface area contributed by atoms with Gasteiger partial charge in [0, 0.05) is 25.2 Å². The van der Waals surface area contributed by atoms with Crippen molar-refractivity contribution in [2.24, 2.45) is 5.92 Å². The Morgan fingerprint density at radius 3 is 2.33 bits per heavy atom. The molecule has 1 saturated heterocycles. The molecule has 2 fully saturated rings. The Kier molecular flexibility index (Phi) is 7.99. The Hall–Kier alpha value is -0.320. The summed E-state index contributed by atoms with van der Waals surface area (Å²) >= 11 is 0. The number of hydrogen-bond donors (Lipinski definition) is 2. The van der Waals surface area contributed by atoms with Crippen LogP contribution in [0.1, 0.15) is 52.9 Å². The van der Waals surface area contributed by atoms with Crippen LogP contribution in [0.3, 0.4) is 0 Å². The number of hydrogen-bond acceptors (Lipinski definition) is 3. The Morgan fingerprint density at radius 2 is 1.81 bits per heavy atom. The molecule has 5 heteroatoms. The van der Waals surface area contributed by atoms with E-state index in [2.05, 4.69) is 29.4 Å². The highest BCUT2D eigenvalue weighted by Crippen LogP contribution is 2.28. The smallest absolute Gasteiger partial charge is 0.237 e. The van der Waals surface area contributed by atoms with Crippen LogP contribution in [0.4, 0.5) is 0 Å². The monoisotopic (exact) mass is 317 g/mol. The number of carbonyl (C=O) groups is 1. The summed E-state index contributed by atoms with van der Waals surface area (Å²) in [7, 11) is 0. The predicted molar refractivity (Wildman–Crippen MR) is 89.9 cm³/mol. The number of nitrogens with zero attached hydrogens (tertiary/aromatic N) is 1. The summed E-state index contributed by atoms with van der Waals surface area (Å²) in [5, 5.41) is 6.78. The number of nitrogens with one attached hydrogen (secondary N) is 2. The zero-order valence-corrected chi connectivity index (χ0v) is 14.5. The second-order valence-electron chi connectivity index (χ2n) is 6.66. The third kappa shape index (κ3) is 6.13. The van der Waals surface area contributed by atoms with E-state index in [0.29, 0.717) is 6.04 Å². The van der Waals surface area contributed by atoms with E-state index >= 15 is 0 Å². The molecule has 1 aliphatic carbocycles. The van der Waals surface area contributed by atoms with Gasteiger partial charge in [-0.3, -0.25) is 9.69 Å². The molecule has 2 rings (SSSR count). The van der Waals surface area contributed by atoms with Crippen molar-refractivity contribution in [3.8, 4) is 0 Å². The van der Waals surface area contributed by atoms with E-state index in [9.17, 15) is 4.79 Å². The standard InChI is InChI=1S/C16H31N3O.ClH/c1-4-12(2)18-16(20)13(3)19-9-7-15(8-10-19)17-11-14-5-6-14;/h12-15,17H,4-11H2,1-3H3,(H,18,20);1H. The zero-order valence-electron chi connectivity index (χ0n) is 13.7. The van der Waals surface area contributed by atoms with Gasteiger partial charge < -0.3 is 10.6 Å². The molecule has 2 unspecified atom stereocenters. The molecule has 0 aromatic carbocycles. The highest BCUT2D eigenvalue weighted by molar-refractivity contribution is 5.85. The van der Waals surface area contributed by atoms with Gasteiger partial charge in [0.2, 0.25) is 5.91 Å². The van der Waals surface area contributed by atoms with Crippen LogP contribution < -0.4 is 10.6 Å². The molecule has 0 aromatic rings. The minimum Gasteiger partial charge on any atom is -0.352 e. The van der Waals surface area contributed by atoms with Crippen LogP contribution in [0.15, 0.2) is 0 Å². The Labute approximate surface area is 135 Å². The van der Waals surface area contributed by atoms with Gasteiger partial charge in [-0.1, -0.05) is 6.92 Å². The summed E-state index contributed by atoms with van der Waals surface area (Å²) in [5.41, 5.74) is 0. The third-order valence-electron chi connectivity index (χ3n) is 4.85. The highest BCUT2D eigenvalue weighted by Gasteiger charge is 2.28. The number of likely N-dealkylation sites (tertiary alicyclic amines) is 1. The lowest BCUT2D eigenvalue weighted by Gasteiger charge is -2.36. The van der Waals surface area contributed by atoms with Crippen LogP contribution in [0, 0.1) is 5.92 Å². The van der Waals surface area contributed by atoms with Crippen molar-refractivity contribution in [3.63, 3.8) is 0 Å². The van der Waals surface area contributed by atoms with Crippen LogP contribution in [0.5, 0.6) is 0 Å². The Balaban J connectivity index is 0.00000220. The van der Waals surface area contributed by atoms with Crippen molar-refractivity contribution in [2.75, 3.05) is 19.6 Å². The third-order valence-corrected chi connectivity index (χ3v) is 4.85. The summed E-state index contributed by atoms with van der Waals surface area (Å²) in [5.74, 6) is 1.14. The minimum absolute atomic E-state index is 0. The molecule has 1 saturated carbocycles. The molecule has 4 nitrogen and oxygen atoms in total. The van der Waals surface area contributed by atoms with Gasteiger partial charge in [-0.15, -0.1) is 12.4 Å². The van der Waals surface area contributed by atoms with E-state index in [1.807, 2.05) is 6.92 Å². The molecule has 2 atom stereocenters. The largest absolute Gasteiger partial charge is 0.352 e. The molecule has 0 bridgehead atoms. The minimum atomic E-state index is 0. The first kappa shape index (κ1) is 18.7. The summed E-state index contributed by atoms with van der Waals surface area (Å²) in [6, 6.07) is 0.952. The van der Waals surface area contributed by atoms with Crippen molar-refractivity contribution < 1.29 is 4.79 Å². The number of piperidine rings is 1. The SMILES string of the molecule is CCC(C)NC(=O)C(C)N1CCC(NCC2CC2)CC1.Cl. The number of rotatable bonds is 7. The predicted octanol–water partition coefficient (Wildman–Crippen LogP) is 2.18. The lowest BCUT2D eigenvalue weighted by atomic mass is 10.0. The molecule has 2 N–H and O–H groups in total. The van der Waals surface area contributed by atoms with Gasteiger partial charge in [0.25, 0.3) is 0 Å². The number of carbonyl (C=O) groups excluding carboxylic acids is 1. The normalized spacial score (nSPS) is 23.2. The molecule has 1 heterocycles. The molecular formula is C16H32ClN3O. The molecule has 0 radical (unpaired) electrons. The maximum Gasteiger partial charge on any atom is 0.237 e. The van der Waals surface area contributed by atoms with E-state index in [4.69, 9.17) is 0 Å². The van der Waals surface area contributed by atoms with Crippen molar-refractivity contribution in [1.29, 1.82) is 0 Å². The fourth-order valence-electron chi connectivity index (χ4n) is 2.78. The fraction of sp³-hybridized carbons (Fsp3) is 0.938. The molecule has 21 heavy (non-hydrogen) atoms. The first-order chi connectivity index (χ1) is 9.60. The van der Waals surface area contributed by atoms with Crippen molar-refractivity contribution in [3.05, 3.63) is 0 Å². The summed E-state index contributed by atoms with van der Waals surface area (Å²) < 4.78 is 0. The van der Waals surface area contributed by atoms with E-state index in [0.717, 1.165) is 25.4 Å². The van der Waals surface area contributed by atoms with E-state index in [1.54, 1.807) is 0 Å². The molecular weight excluding hydrogens is 286 g/mol. The van der Waals surface area contributed by atoms with Crippen molar-refractivity contribution in [2.45, 2.75) is 71.0 Å². The van der Waals surface area contributed by atoms with Crippen LogP contribution in [-0.2, 0) is 4.79 Å². The van der Waals surface area contributed by atoms with E-state index in [-0.39, 0.29) is 30.4 Å². The Morgan fingerprint density at radius 1 is 1.19 bits per heavy atom. The van der Waals surface area contributed by atoms with E-state index in [1.165, 1.54) is 32.2 Å². The maximum atomic E-state index is 12.1. The van der Waals surface area contributed by atoms with Gasteiger partial charge in [-0.25, -0.2) is 0 Å². The number of amides is 1. The van der Waals surface area contributed by atoms with E-state index < -0.39 is 0 Å². The van der Waals surface area contributed by atoms with Crippen LogP contribution >= 0.6 is 12.4 Å². The van der Waals surface area contributed by atoms with Gasteiger partial charge in [0.15, 0.2) is 0 Å².